The summed E-state index contributed by atoms with van der Waals surface area (Å²) in [6, 6.07) is -2.30. The number of amides is 3. The normalized spacial score (nSPS) is 33.7. The van der Waals surface area contributed by atoms with Crippen LogP contribution in [-0.4, -0.2) is 86.0 Å². The van der Waals surface area contributed by atoms with Gasteiger partial charge in [-0.2, -0.15) is 0 Å². The van der Waals surface area contributed by atoms with Gasteiger partial charge in [-0.05, 0) is 85.9 Å². The molecule has 0 radical (unpaired) electrons. The predicted molar refractivity (Wildman–Crippen MR) is 199 cm³/mol. The van der Waals surface area contributed by atoms with Gasteiger partial charge in [0.25, 0.3) is 0 Å². The Balaban J connectivity index is 1.21. The molecule has 4 aliphatic carbocycles. The van der Waals surface area contributed by atoms with Gasteiger partial charge >= 0.3 is 0 Å². The minimum absolute atomic E-state index is 0.00521. The zero-order chi connectivity index (χ0) is 37.2. The highest BCUT2D eigenvalue weighted by Crippen LogP contribution is 2.88. The minimum atomic E-state index is -2.91. The Morgan fingerprint density at radius 1 is 0.961 bits per heavy atom. The quantitative estimate of drug-likeness (QED) is 0.210. The molecular formula is C39H66N6O5S. The molecule has 288 valence electrons. The molecule has 6 fully saturated rings. The van der Waals surface area contributed by atoms with Crippen LogP contribution in [0.2, 0.25) is 0 Å². The van der Waals surface area contributed by atoms with Crippen molar-refractivity contribution in [2.24, 2.45) is 39.2 Å². The first-order valence-electron chi connectivity index (χ1n) is 20.1. The molecule has 0 bridgehead atoms. The topological polar surface area (TPSA) is 166 Å². The Kier molecular flexibility index (Phi) is 10.4. The lowest BCUT2D eigenvalue weighted by Crippen LogP contribution is -2.61. The van der Waals surface area contributed by atoms with E-state index in [9.17, 15) is 23.4 Å². The van der Waals surface area contributed by atoms with E-state index in [1.807, 2.05) is 27.7 Å². The number of likely N-dealkylation sites (tertiary alicyclic amines) is 1. The summed E-state index contributed by atoms with van der Waals surface area (Å²) in [6.07, 6.45) is 12.6. The second-order valence-electron chi connectivity index (χ2n) is 18.8. The van der Waals surface area contributed by atoms with Crippen molar-refractivity contribution >= 4 is 33.4 Å². The molecule has 6 rings (SSSR count). The molecule has 0 aromatic rings. The van der Waals surface area contributed by atoms with Gasteiger partial charge in [-0.3, -0.25) is 19.2 Å². The van der Waals surface area contributed by atoms with Crippen molar-refractivity contribution in [3.05, 3.63) is 0 Å². The van der Waals surface area contributed by atoms with Gasteiger partial charge < -0.3 is 21.3 Å². The molecule has 2 spiro atoms. The monoisotopic (exact) mass is 730 g/mol. The van der Waals surface area contributed by atoms with Gasteiger partial charge in [0.15, 0.2) is 5.78 Å². The summed E-state index contributed by atoms with van der Waals surface area (Å²) >= 11 is 0. The van der Waals surface area contributed by atoms with E-state index in [0.717, 1.165) is 70.6 Å². The van der Waals surface area contributed by atoms with Crippen LogP contribution in [-0.2, 0) is 29.1 Å². The van der Waals surface area contributed by atoms with Crippen molar-refractivity contribution < 1.29 is 23.4 Å². The van der Waals surface area contributed by atoms with Gasteiger partial charge in [0.05, 0.1) is 6.04 Å². The van der Waals surface area contributed by atoms with E-state index >= 15 is 0 Å². The van der Waals surface area contributed by atoms with Crippen molar-refractivity contribution in [3.8, 4) is 0 Å². The summed E-state index contributed by atoms with van der Waals surface area (Å²) in [5, 5.41) is 6.29. The highest BCUT2D eigenvalue weighted by molar-refractivity contribution is 7.90. The van der Waals surface area contributed by atoms with Gasteiger partial charge in [0.1, 0.15) is 27.5 Å². The number of hydrogen-bond donors (Lipinski definition) is 4. The smallest absolute Gasteiger partial charge is 0.246 e. The summed E-state index contributed by atoms with van der Waals surface area (Å²) in [5.41, 5.74) is 4.76. The minimum Gasteiger partial charge on any atom is -0.342 e. The molecule has 2 heterocycles. The number of rotatable bonds is 13. The molecule has 7 atom stereocenters. The first-order chi connectivity index (χ1) is 23.9. The van der Waals surface area contributed by atoms with Crippen LogP contribution in [0.4, 0.5) is 0 Å². The third-order valence-electron chi connectivity index (χ3n) is 15.0. The first kappa shape index (κ1) is 38.7. The summed E-state index contributed by atoms with van der Waals surface area (Å²) in [5.74, 6) is -0.664. The number of carbonyl (C=O) groups is 4. The molecule has 5 N–H and O–H groups in total. The predicted octanol–water partition coefficient (Wildman–Crippen LogP) is 4.91. The largest absolute Gasteiger partial charge is 0.342 e. The molecule has 0 aromatic heterocycles. The van der Waals surface area contributed by atoms with Crippen LogP contribution in [0.1, 0.15) is 138 Å². The van der Waals surface area contributed by atoms with E-state index in [1.54, 1.807) is 9.21 Å². The Labute approximate surface area is 306 Å². The van der Waals surface area contributed by atoms with Crippen LogP contribution >= 0.6 is 0 Å². The summed E-state index contributed by atoms with van der Waals surface area (Å²) in [6.45, 7) is 14.2. The van der Waals surface area contributed by atoms with Crippen LogP contribution in [0.5, 0.6) is 0 Å². The fourth-order valence-electron chi connectivity index (χ4n) is 11.3. The Hall–Kier alpha value is -2.05. The van der Waals surface area contributed by atoms with E-state index < -0.39 is 39.0 Å². The lowest BCUT2D eigenvalue weighted by molar-refractivity contribution is -0.145. The fourth-order valence-corrected chi connectivity index (χ4v) is 12.9. The maximum Gasteiger partial charge on any atom is 0.246 e. The maximum atomic E-state index is 14.8. The van der Waals surface area contributed by atoms with Gasteiger partial charge in [-0.25, -0.2) is 13.3 Å². The highest BCUT2D eigenvalue weighted by atomic mass is 32.2. The summed E-state index contributed by atoms with van der Waals surface area (Å²) < 4.78 is 23.2. The van der Waals surface area contributed by atoms with E-state index in [-0.39, 0.29) is 63.8 Å². The number of hydrogen-bond acceptors (Lipinski definition) is 7. The van der Waals surface area contributed by atoms with Crippen LogP contribution in [0, 0.1) is 38.3 Å². The number of nitrogens with two attached hydrogens (primary N) is 1. The highest BCUT2D eigenvalue weighted by Gasteiger charge is 2.85. The molecule has 3 amide bonds. The van der Waals surface area contributed by atoms with E-state index in [1.165, 1.54) is 0 Å². The lowest BCUT2D eigenvalue weighted by Gasteiger charge is -2.37. The average Bonchev–Trinajstić information content (AvgIpc) is 3.52. The Bertz CT molecular complexity index is 1490. The number of fused-ring (bicyclic) bond motifs is 1. The summed E-state index contributed by atoms with van der Waals surface area (Å²) in [7, 11) is -2.91. The van der Waals surface area contributed by atoms with Crippen molar-refractivity contribution in [1.82, 2.24) is 19.8 Å². The number of nitrogens with zero attached hydrogens (tertiary/aromatic N) is 2. The van der Waals surface area contributed by atoms with Crippen LogP contribution < -0.4 is 16.4 Å². The molecule has 6 aliphatic rings. The third-order valence-corrected chi connectivity index (χ3v) is 17.0. The second-order valence-corrected chi connectivity index (χ2v) is 21.0. The van der Waals surface area contributed by atoms with Gasteiger partial charge in [0.2, 0.25) is 17.7 Å². The molecule has 11 nitrogen and oxygen atoms in total. The molecule has 0 aromatic carbocycles. The molecule has 51 heavy (non-hydrogen) atoms. The summed E-state index contributed by atoms with van der Waals surface area (Å²) in [4.78, 5) is 58.7. The van der Waals surface area contributed by atoms with Crippen LogP contribution in [0.15, 0.2) is 0 Å². The van der Waals surface area contributed by atoms with E-state index in [2.05, 4.69) is 24.5 Å². The number of ketones is 1. The number of carbonyl (C=O) groups excluding carboxylic acids is 4. The van der Waals surface area contributed by atoms with Gasteiger partial charge in [-0.15, -0.1) is 0 Å². The Morgan fingerprint density at radius 3 is 2.14 bits per heavy atom. The number of nitrogens with one attached hydrogen (secondary N) is 3. The van der Waals surface area contributed by atoms with Crippen molar-refractivity contribution in [2.75, 3.05) is 25.4 Å². The second kappa shape index (κ2) is 13.7. The molecule has 2 aliphatic heterocycles. The standard InChI is InChI=1S/C39H66N6O5S/c1-7-27-23-39(27,29(46)17-13-22-51(41,50)44-20-11-12-21-44)43-32(47)28-24-38(36(5,6)37(38)18-14-19-37)25-45(28)34(49)31(35(2,3)4)42-33(48)30(40)26-15-9-8-10-16-26/h26-28,30-31,41H,7-25,40H2,1-6H3,(H,42,48)(H,43,47)/t27-,28+,30+,31-,38-,39-,51?/m1/s1. The van der Waals surface area contributed by atoms with Crippen molar-refractivity contribution in [1.29, 1.82) is 4.78 Å². The molecule has 2 saturated heterocycles. The fraction of sp³-hybridized carbons (Fsp3) is 0.897. The number of Topliss-reactive ketones (excluding diaryl/α,β-unsaturated/α-hetero) is 1. The third kappa shape index (κ3) is 6.48. The van der Waals surface area contributed by atoms with Crippen molar-refractivity contribution in [2.45, 2.75) is 162 Å². The SMILES string of the molecule is CC[C@@H]1C[C@]1(NC(=O)[C@@H]1C[C@@]2(CN1C(=O)[C@@H](NC(=O)[C@@H](N)C1CCCCC1)C(C)(C)C)C(C)(C)C21CCC1)C(=O)CCCS(=N)(=O)N1CCCC1. The van der Waals surface area contributed by atoms with E-state index in [0.29, 0.717) is 38.9 Å². The zero-order valence-electron chi connectivity index (χ0n) is 32.2. The first-order valence-corrected chi connectivity index (χ1v) is 21.8. The molecule has 12 heteroatoms. The van der Waals surface area contributed by atoms with Crippen LogP contribution in [0.25, 0.3) is 0 Å². The van der Waals surface area contributed by atoms with E-state index in [4.69, 9.17) is 10.5 Å². The van der Waals surface area contributed by atoms with Crippen molar-refractivity contribution in [3.63, 3.8) is 0 Å². The molecular weight excluding hydrogens is 665 g/mol. The van der Waals surface area contributed by atoms with Gasteiger partial charge in [0, 0.05) is 37.2 Å². The van der Waals surface area contributed by atoms with Crippen LogP contribution in [0.3, 0.4) is 0 Å². The van der Waals surface area contributed by atoms with Gasteiger partial charge in [-0.1, -0.05) is 73.6 Å². The molecule has 1 unspecified atom stereocenters. The average molecular weight is 731 g/mol. The zero-order valence-corrected chi connectivity index (χ0v) is 33.1. The Morgan fingerprint density at radius 2 is 1.61 bits per heavy atom. The molecule has 4 saturated carbocycles. The lowest BCUT2D eigenvalue weighted by atomic mass is 9.73. The maximum absolute atomic E-state index is 14.8.